The Labute approximate surface area is 143 Å². The molecule has 0 saturated carbocycles. The molecule has 0 bridgehead atoms. The van der Waals surface area contributed by atoms with Gasteiger partial charge in [-0.15, -0.1) is 0 Å². The van der Waals surface area contributed by atoms with Gasteiger partial charge in [-0.25, -0.2) is 9.37 Å². The number of nitrogens with one attached hydrogen (secondary N) is 1. The first-order chi connectivity index (χ1) is 11.6. The number of nitrogens with zero attached hydrogens (tertiary/aromatic N) is 2. The maximum atomic E-state index is 13.0. The van der Waals surface area contributed by atoms with Crippen LogP contribution in [0, 0.1) is 5.82 Å². The van der Waals surface area contributed by atoms with Gasteiger partial charge in [0.05, 0.1) is 13.2 Å². The first-order valence-corrected chi connectivity index (χ1v) is 8.26. The van der Waals surface area contributed by atoms with E-state index in [1.165, 1.54) is 31.0 Å². The first kappa shape index (κ1) is 16.4. The summed E-state index contributed by atoms with van der Waals surface area (Å²) in [4.78, 5) is 20.3. The molecule has 1 aliphatic rings. The fourth-order valence-corrected chi connectivity index (χ4v) is 3.39. The number of methoxy groups -OCH3 is 1. The van der Waals surface area contributed by atoms with Crippen molar-refractivity contribution in [2.24, 2.45) is 4.99 Å². The molecule has 0 radical (unpaired) electrons. The summed E-state index contributed by atoms with van der Waals surface area (Å²) in [5, 5.41) is 3.34. The fraction of sp³-hybridized carbons (Fsp3) is 0.235. The molecule has 24 heavy (non-hydrogen) atoms. The summed E-state index contributed by atoms with van der Waals surface area (Å²) < 4.78 is 18.1. The summed E-state index contributed by atoms with van der Waals surface area (Å²) in [7, 11) is 1.53. The number of pyridine rings is 1. The van der Waals surface area contributed by atoms with Gasteiger partial charge in [0.1, 0.15) is 11.1 Å². The van der Waals surface area contributed by atoms with Gasteiger partial charge in [-0.1, -0.05) is 23.9 Å². The lowest BCUT2D eigenvalue weighted by molar-refractivity contribution is -0.117. The Hall–Kier alpha value is -2.41. The number of carbonyl (C=O) groups excluding carboxylic acids is 1. The first-order valence-electron chi connectivity index (χ1n) is 7.38. The highest BCUT2D eigenvalue weighted by Crippen LogP contribution is 2.37. The van der Waals surface area contributed by atoms with E-state index < -0.39 is 5.25 Å². The van der Waals surface area contributed by atoms with Gasteiger partial charge in [-0.05, 0) is 36.2 Å². The van der Waals surface area contributed by atoms with Gasteiger partial charge in [0.15, 0.2) is 5.17 Å². The predicted octanol–water partition coefficient (Wildman–Crippen LogP) is 3.25. The molecule has 0 spiro atoms. The Bertz CT molecular complexity index is 780. The Kier molecular flexibility index (Phi) is 4.80. The molecule has 7 heteroatoms. The summed E-state index contributed by atoms with van der Waals surface area (Å²) in [5.41, 5.74) is 1.72. The molecule has 0 unspecified atom stereocenters. The lowest BCUT2D eigenvalue weighted by atomic mass is 10.1. The van der Waals surface area contributed by atoms with Gasteiger partial charge >= 0.3 is 0 Å². The van der Waals surface area contributed by atoms with Crippen molar-refractivity contribution in [2.45, 2.75) is 18.2 Å². The minimum absolute atomic E-state index is 0.0876. The third kappa shape index (κ3) is 3.56. The van der Waals surface area contributed by atoms with E-state index in [0.717, 1.165) is 11.1 Å². The third-order valence-electron chi connectivity index (χ3n) is 3.65. The maximum absolute atomic E-state index is 13.0. The summed E-state index contributed by atoms with van der Waals surface area (Å²) in [6, 6.07) is 9.66. The van der Waals surface area contributed by atoms with Crippen molar-refractivity contribution in [3.8, 4) is 5.88 Å². The number of rotatable bonds is 4. The van der Waals surface area contributed by atoms with Crippen LogP contribution in [0.2, 0.25) is 0 Å². The highest BCUT2D eigenvalue weighted by Gasteiger charge is 2.31. The molecular weight excluding hydrogens is 329 g/mol. The van der Waals surface area contributed by atoms with Crippen LogP contribution < -0.4 is 10.1 Å². The monoisotopic (exact) mass is 345 g/mol. The number of aromatic nitrogens is 1. The fourth-order valence-electron chi connectivity index (χ4n) is 2.34. The SMILES string of the molecule is COc1cc([C@@H]2SC(N[C@@H](C)c3ccc(F)cc3)=NC2=O)ccn1. The standard InChI is InChI=1S/C17H16FN3O2S/c1-10(11-3-5-13(18)6-4-11)20-17-21-16(22)15(24-17)12-7-8-19-14(9-12)23-2/h3-10,15H,1-2H3,(H,20,21,22)/t10-,15-/m0/s1. The van der Waals surface area contributed by atoms with Crippen molar-refractivity contribution >= 4 is 22.8 Å². The summed E-state index contributed by atoms with van der Waals surface area (Å²) in [6.45, 7) is 1.93. The van der Waals surface area contributed by atoms with E-state index in [0.29, 0.717) is 11.0 Å². The van der Waals surface area contributed by atoms with Gasteiger partial charge < -0.3 is 10.1 Å². The van der Waals surface area contributed by atoms with Crippen LogP contribution in [-0.2, 0) is 4.79 Å². The molecule has 1 N–H and O–H groups in total. The van der Waals surface area contributed by atoms with E-state index in [2.05, 4.69) is 15.3 Å². The number of amidine groups is 1. The number of thioether (sulfide) groups is 1. The third-order valence-corrected chi connectivity index (χ3v) is 4.79. The highest BCUT2D eigenvalue weighted by molar-refractivity contribution is 8.15. The van der Waals surface area contributed by atoms with E-state index in [1.54, 1.807) is 30.5 Å². The van der Waals surface area contributed by atoms with Gasteiger partial charge in [0, 0.05) is 12.3 Å². The zero-order valence-corrected chi connectivity index (χ0v) is 14.0. The van der Waals surface area contributed by atoms with Gasteiger partial charge in [0.2, 0.25) is 5.88 Å². The Morgan fingerprint density at radius 3 is 2.75 bits per heavy atom. The highest BCUT2D eigenvalue weighted by atomic mass is 32.2. The molecule has 3 rings (SSSR count). The van der Waals surface area contributed by atoms with Crippen LogP contribution in [-0.4, -0.2) is 23.2 Å². The quantitative estimate of drug-likeness (QED) is 0.921. The van der Waals surface area contributed by atoms with Crippen molar-refractivity contribution in [3.63, 3.8) is 0 Å². The van der Waals surface area contributed by atoms with Crippen LogP contribution in [0.1, 0.15) is 29.3 Å². The summed E-state index contributed by atoms with van der Waals surface area (Å²) in [5.74, 6) is -0.0375. The average Bonchev–Trinajstić information content (AvgIpc) is 2.95. The second kappa shape index (κ2) is 7.00. The summed E-state index contributed by atoms with van der Waals surface area (Å²) >= 11 is 1.35. The second-order valence-corrected chi connectivity index (χ2v) is 6.40. The van der Waals surface area contributed by atoms with Crippen LogP contribution >= 0.6 is 11.8 Å². The van der Waals surface area contributed by atoms with Crippen LogP contribution in [0.25, 0.3) is 0 Å². The summed E-state index contributed by atoms with van der Waals surface area (Å²) in [6.07, 6.45) is 1.61. The number of carbonyl (C=O) groups is 1. The maximum Gasteiger partial charge on any atom is 0.266 e. The zero-order valence-electron chi connectivity index (χ0n) is 13.2. The van der Waals surface area contributed by atoms with Crippen molar-refractivity contribution in [1.82, 2.24) is 10.3 Å². The van der Waals surface area contributed by atoms with Crippen molar-refractivity contribution in [3.05, 3.63) is 59.5 Å². The molecule has 0 saturated heterocycles. The van der Waals surface area contributed by atoms with Crippen molar-refractivity contribution in [1.29, 1.82) is 0 Å². The number of ether oxygens (including phenoxy) is 1. The largest absolute Gasteiger partial charge is 0.481 e. The molecule has 1 amide bonds. The predicted molar refractivity (Wildman–Crippen MR) is 91.5 cm³/mol. The van der Waals surface area contributed by atoms with Crippen LogP contribution in [0.3, 0.4) is 0 Å². The number of hydrogen-bond acceptors (Lipinski definition) is 5. The number of aliphatic imine (C=N–C) groups is 1. The van der Waals surface area contributed by atoms with E-state index in [9.17, 15) is 9.18 Å². The average molecular weight is 345 g/mol. The Morgan fingerprint density at radius 1 is 1.29 bits per heavy atom. The molecular formula is C17H16FN3O2S. The topological polar surface area (TPSA) is 63.6 Å². The molecule has 124 valence electrons. The molecule has 1 aromatic carbocycles. The number of halogens is 1. The minimum atomic E-state index is -0.412. The molecule has 1 aliphatic heterocycles. The molecule has 2 heterocycles. The minimum Gasteiger partial charge on any atom is -0.481 e. The molecule has 2 atom stereocenters. The Morgan fingerprint density at radius 2 is 2.04 bits per heavy atom. The normalized spacial score (nSPS) is 18.2. The van der Waals surface area contributed by atoms with E-state index in [4.69, 9.17) is 4.74 Å². The molecule has 0 aliphatic carbocycles. The molecule has 0 fully saturated rings. The van der Waals surface area contributed by atoms with Gasteiger partial charge in [-0.2, -0.15) is 4.99 Å². The van der Waals surface area contributed by atoms with Crippen molar-refractivity contribution in [2.75, 3.05) is 7.11 Å². The number of benzene rings is 1. The lowest BCUT2D eigenvalue weighted by Crippen LogP contribution is -2.23. The van der Waals surface area contributed by atoms with Crippen LogP contribution in [0.15, 0.2) is 47.6 Å². The lowest BCUT2D eigenvalue weighted by Gasteiger charge is -2.15. The number of hydrogen-bond donors (Lipinski definition) is 1. The smallest absolute Gasteiger partial charge is 0.266 e. The van der Waals surface area contributed by atoms with Crippen LogP contribution in [0.5, 0.6) is 5.88 Å². The second-order valence-electron chi connectivity index (χ2n) is 5.30. The van der Waals surface area contributed by atoms with Gasteiger partial charge in [0.25, 0.3) is 5.91 Å². The molecule has 2 aromatic rings. The van der Waals surface area contributed by atoms with Gasteiger partial charge in [-0.3, -0.25) is 4.79 Å². The molecule has 5 nitrogen and oxygen atoms in total. The molecule has 1 aromatic heterocycles. The van der Waals surface area contributed by atoms with Crippen molar-refractivity contribution < 1.29 is 13.9 Å². The van der Waals surface area contributed by atoms with E-state index in [-0.39, 0.29) is 17.8 Å². The van der Waals surface area contributed by atoms with Crippen LogP contribution in [0.4, 0.5) is 4.39 Å². The Balaban J connectivity index is 1.69. The number of amides is 1. The van der Waals surface area contributed by atoms with E-state index in [1.807, 2.05) is 6.92 Å². The van der Waals surface area contributed by atoms with E-state index >= 15 is 0 Å². The zero-order chi connectivity index (χ0) is 17.1.